The highest BCUT2D eigenvalue weighted by atomic mass is 127. The van der Waals surface area contributed by atoms with Crippen LogP contribution in [0.5, 0.6) is 0 Å². The molecule has 2 unspecified atom stereocenters. The molecule has 1 aliphatic carbocycles. The van der Waals surface area contributed by atoms with Crippen LogP contribution in [0.15, 0.2) is 22.5 Å². The van der Waals surface area contributed by atoms with E-state index < -0.39 is 0 Å². The van der Waals surface area contributed by atoms with Crippen LogP contribution in [0, 0.1) is 5.92 Å². The lowest BCUT2D eigenvalue weighted by Gasteiger charge is -2.38. The van der Waals surface area contributed by atoms with Crippen molar-refractivity contribution in [2.75, 3.05) is 26.7 Å². The van der Waals surface area contributed by atoms with E-state index in [2.05, 4.69) is 47.0 Å². The van der Waals surface area contributed by atoms with Crippen molar-refractivity contribution in [2.24, 2.45) is 10.9 Å². The van der Waals surface area contributed by atoms with Gasteiger partial charge in [0.2, 0.25) is 0 Å². The van der Waals surface area contributed by atoms with Crippen molar-refractivity contribution >= 4 is 41.3 Å². The molecule has 136 valence electrons. The van der Waals surface area contributed by atoms with Gasteiger partial charge in [0.15, 0.2) is 5.96 Å². The summed E-state index contributed by atoms with van der Waals surface area (Å²) in [4.78, 5) is 8.93. The van der Waals surface area contributed by atoms with Crippen LogP contribution in [0.1, 0.15) is 49.9 Å². The lowest BCUT2D eigenvalue weighted by atomic mass is 9.88. The predicted octanol–water partition coefficient (Wildman–Crippen LogP) is 3.86. The Morgan fingerprint density at radius 2 is 2.17 bits per heavy atom. The van der Waals surface area contributed by atoms with E-state index in [1.54, 1.807) is 0 Å². The van der Waals surface area contributed by atoms with Crippen molar-refractivity contribution in [1.82, 2.24) is 15.5 Å². The predicted molar refractivity (Wildman–Crippen MR) is 115 cm³/mol. The molecule has 0 amide bonds. The van der Waals surface area contributed by atoms with E-state index in [0.717, 1.165) is 19.0 Å². The molecule has 0 spiro atoms. The SMILES string of the molecule is CCNC(=NCC1CCCN(C)C1c1cccs1)NC1CCC1.I. The van der Waals surface area contributed by atoms with Gasteiger partial charge in [-0.1, -0.05) is 6.07 Å². The van der Waals surface area contributed by atoms with Gasteiger partial charge in [-0.05, 0) is 70.0 Å². The highest BCUT2D eigenvalue weighted by Crippen LogP contribution is 2.37. The van der Waals surface area contributed by atoms with Crippen molar-refractivity contribution < 1.29 is 0 Å². The summed E-state index contributed by atoms with van der Waals surface area (Å²) in [6, 6.07) is 5.62. The normalized spacial score (nSPS) is 25.7. The Morgan fingerprint density at radius 3 is 2.79 bits per heavy atom. The van der Waals surface area contributed by atoms with Crippen molar-refractivity contribution in [1.29, 1.82) is 0 Å². The second-order valence-corrected chi connectivity index (χ2v) is 7.81. The average molecular weight is 462 g/mol. The van der Waals surface area contributed by atoms with Crippen molar-refractivity contribution in [3.05, 3.63) is 22.4 Å². The van der Waals surface area contributed by atoms with Crippen LogP contribution in [0.3, 0.4) is 0 Å². The summed E-state index contributed by atoms with van der Waals surface area (Å²) in [5.41, 5.74) is 0. The molecular formula is C18H31IN4S. The minimum Gasteiger partial charge on any atom is -0.357 e. The number of aliphatic imine (C=N–C) groups is 1. The van der Waals surface area contributed by atoms with Gasteiger partial charge in [0, 0.05) is 30.1 Å². The Labute approximate surface area is 167 Å². The van der Waals surface area contributed by atoms with E-state index in [9.17, 15) is 0 Å². The first-order valence-electron chi connectivity index (χ1n) is 9.06. The van der Waals surface area contributed by atoms with E-state index in [4.69, 9.17) is 4.99 Å². The first-order valence-corrected chi connectivity index (χ1v) is 9.94. The van der Waals surface area contributed by atoms with Gasteiger partial charge < -0.3 is 10.6 Å². The molecule has 1 aromatic heterocycles. The van der Waals surface area contributed by atoms with Crippen LogP contribution in [0.25, 0.3) is 0 Å². The van der Waals surface area contributed by atoms with Gasteiger partial charge in [0.05, 0.1) is 0 Å². The molecule has 0 radical (unpaired) electrons. The number of halogens is 1. The summed E-state index contributed by atoms with van der Waals surface area (Å²) in [6.45, 7) is 5.18. The van der Waals surface area contributed by atoms with Crippen molar-refractivity contribution in [3.8, 4) is 0 Å². The van der Waals surface area contributed by atoms with E-state index in [1.807, 2.05) is 11.3 Å². The molecule has 2 fully saturated rings. The molecule has 6 heteroatoms. The number of nitrogens with one attached hydrogen (secondary N) is 2. The second-order valence-electron chi connectivity index (χ2n) is 6.83. The first-order chi connectivity index (χ1) is 11.3. The highest BCUT2D eigenvalue weighted by Gasteiger charge is 2.31. The molecule has 2 N–H and O–H groups in total. The molecular weight excluding hydrogens is 431 g/mol. The van der Waals surface area contributed by atoms with Gasteiger partial charge in [0.25, 0.3) is 0 Å². The lowest BCUT2D eigenvalue weighted by molar-refractivity contribution is 0.128. The molecule has 2 aliphatic rings. The number of likely N-dealkylation sites (tertiary alicyclic amines) is 1. The summed E-state index contributed by atoms with van der Waals surface area (Å²) < 4.78 is 0. The van der Waals surface area contributed by atoms with E-state index in [-0.39, 0.29) is 24.0 Å². The van der Waals surface area contributed by atoms with Gasteiger partial charge in [-0.2, -0.15) is 0 Å². The minimum atomic E-state index is 0. The standard InChI is InChI=1S/C18H30N4S.HI/c1-3-19-18(21-15-8-4-9-15)20-13-14-7-5-11-22(2)17(14)16-10-6-12-23-16;/h6,10,12,14-15,17H,3-5,7-9,11,13H2,1-2H3,(H2,19,20,21);1H. The van der Waals surface area contributed by atoms with E-state index in [1.165, 1.54) is 43.5 Å². The number of thiophene rings is 1. The first kappa shape index (κ1) is 20.0. The molecule has 0 aromatic carbocycles. The van der Waals surface area contributed by atoms with Gasteiger partial charge in [0.1, 0.15) is 0 Å². The van der Waals surface area contributed by atoms with E-state index >= 15 is 0 Å². The third-order valence-corrected chi connectivity index (χ3v) is 6.06. The fraction of sp³-hybridized carbons (Fsp3) is 0.722. The minimum absolute atomic E-state index is 0. The van der Waals surface area contributed by atoms with Gasteiger partial charge in [-0.25, -0.2) is 0 Å². The van der Waals surface area contributed by atoms with Crippen LogP contribution in [0.2, 0.25) is 0 Å². The van der Waals surface area contributed by atoms with Gasteiger partial charge in [-0.3, -0.25) is 9.89 Å². The summed E-state index contributed by atoms with van der Waals surface area (Å²) in [6.07, 6.45) is 6.48. The zero-order valence-electron chi connectivity index (χ0n) is 14.8. The highest BCUT2D eigenvalue weighted by molar-refractivity contribution is 14.0. The van der Waals surface area contributed by atoms with Crippen LogP contribution >= 0.6 is 35.3 Å². The third-order valence-electron chi connectivity index (χ3n) is 5.12. The van der Waals surface area contributed by atoms with Crippen molar-refractivity contribution in [2.45, 2.75) is 51.1 Å². The summed E-state index contributed by atoms with van der Waals surface area (Å²) >= 11 is 1.88. The fourth-order valence-electron chi connectivity index (χ4n) is 3.63. The van der Waals surface area contributed by atoms with Crippen LogP contribution in [-0.4, -0.2) is 43.6 Å². The molecule has 1 aliphatic heterocycles. The second kappa shape index (κ2) is 9.97. The quantitative estimate of drug-likeness (QED) is 0.397. The maximum atomic E-state index is 4.93. The Balaban J connectivity index is 0.00000208. The summed E-state index contributed by atoms with van der Waals surface area (Å²) in [5, 5.41) is 9.19. The Kier molecular flexibility index (Phi) is 8.30. The van der Waals surface area contributed by atoms with Crippen LogP contribution in [0.4, 0.5) is 0 Å². The molecule has 3 rings (SSSR count). The number of guanidine groups is 1. The molecule has 2 atom stereocenters. The topological polar surface area (TPSA) is 39.7 Å². The van der Waals surface area contributed by atoms with Crippen LogP contribution in [-0.2, 0) is 0 Å². The molecule has 0 bridgehead atoms. The van der Waals surface area contributed by atoms with E-state index in [0.29, 0.717) is 18.0 Å². The molecule has 4 nitrogen and oxygen atoms in total. The van der Waals surface area contributed by atoms with Gasteiger partial charge >= 0.3 is 0 Å². The Bertz CT molecular complexity index is 501. The zero-order chi connectivity index (χ0) is 16.1. The summed E-state index contributed by atoms with van der Waals surface area (Å²) in [5.74, 6) is 1.62. The van der Waals surface area contributed by atoms with Gasteiger partial charge in [-0.15, -0.1) is 35.3 Å². The van der Waals surface area contributed by atoms with Crippen molar-refractivity contribution in [3.63, 3.8) is 0 Å². The maximum Gasteiger partial charge on any atom is 0.191 e. The number of piperidine rings is 1. The summed E-state index contributed by atoms with van der Waals surface area (Å²) in [7, 11) is 2.26. The molecule has 24 heavy (non-hydrogen) atoms. The number of nitrogens with zero attached hydrogens (tertiary/aromatic N) is 2. The average Bonchev–Trinajstić information content (AvgIpc) is 3.02. The maximum absolute atomic E-state index is 4.93. The molecule has 1 saturated heterocycles. The number of hydrogen-bond acceptors (Lipinski definition) is 3. The number of rotatable bonds is 5. The Hall–Kier alpha value is -0.340. The van der Waals surface area contributed by atoms with Crippen LogP contribution < -0.4 is 10.6 Å². The fourth-order valence-corrected chi connectivity index (χ4v) is 4.62. The Morgan fingerprint density at radius 1 is 1.33 bits per heavy atom. The zero-order valence-corrected chi connectivity index (χ0v) is 18.0. The molecule has 2 heterocycles. The largest absolute Gasteiger partial charge is 0.357 e. The monoisotopic (exact) mass is 462 g/mol. The number of hydrogen-bond donors (Lipinski definition) is 2. The third kappa shape index (κ3) is 5.08. The molecule has 1 saturated carbocycles. The molecule has 1 aromatic rings. The lowest BCUT2D eigenvalue weighted by Crippen LogP contribution is -2.46. The smallest absolute Gasteiger partial charge is 0.191 e.